The lowest BCUT2D eigenvalue weighted by molar-refractivity contribution is -0.137. The maximum atomic E-state index is 12.6. The van der Waals surface area contributed by atoms with Crippen molar-refractivity contribution in [3.05, 3.63) is 42.5 Å². The first-order chi connectivity index (χ1) is 13.4. The number of nitrogens with zero attached hydrogens (tertiary/aromatic N) is 4. The molecule has 2 fully saturated rings. The highest BCUT2D eigenvalue weighted by Crippen LogP contribution is 2.32. The van der Waals surface area contributed by atoms with E-state index in [2.05, 4.69) is 10.1 Å². The Bertz CT molecular complexity index is 968. The summed E-state index contributed by atoms with van der Waals surface area (Å²) in [6.07, 6.45) is 5.12. The summed E-state index contributed by atoms with van der Waals surface area (Å²) in [6, 6.07) is 6.33. The monoisotopic (exact) mass is 404 g/mol. The van der Waals surface area contributed by atoms with Crippen LogP contribution in [0.25, 0.3) is 5.69 Å². The largest absolute Gasteiger partial charge is 0.452 e. The Labute approximate surface area is 162 Å². The van der Waals surface area contributed by atoms with Gasteiger partial charge in [-0.2, -0.15) is 5.10 Å². The average Bonchev–Trinajstić information content (AvgIpc) is 3.21. The molecule has 9 nitrogen and oxygen atoms in total. The summed E-state index contributed by atoms with van der Waals surface area (Å²) in [5.41, 5.74) is 1.06. The lowest BCUT2D eigenvalue weighted by Gasteiger charge is -2.28. The van der Waals surface area contributed by atoms with Gasteiger partial charge >= 0.3 is 5.97 Å². The van der Waals surface area contributed by atoms with E-state index in [0.29, 0.717) is 12.0 Å². The number of benzene rings is 1. The van der Waals surface area contributed by atoms with Crippen LogP contribution in [0.3, 0.4) is 0 Å². The molecule has 1 atom stereocenters. The summed E-state index contributed by atoms with van der Waals surface area (Å²) in [6.45, 7) is -0.392. The van der Waals surface area contributed by atoms with Crippen molar-refractivity contribution in [3.63, 3.8) is 0 Å². The highest BCUT2D eigenvalue weighted by Gasteiger charge is 2.42. The second kappa shape index (κ2) is 7.34. The van der Waals surface area contributed by atoms with Crippen LogP contribution in [0.1, 0.15) is 29.6 Å². The maximum Gasteiger partial charge on any atom is 0.338 e. The van der Waals surface area contributed by atoms with Crippen LogP contribution in [-0.2, 0) is 19.4 Å². The number of aromatic nitrogens is 3. The van der Waals surface area contributed by atoms with Gasteiger partial charge in [-0.15, -0.1) is 0 Å². The van der Waals surface area contributed by atoms with Crippen LogP contribution in [0, 0.1) is 0 Å². The molecule has 10 heteroatoms. The van der Waals surface area contributed by atoms with E-state index in [1.54, 1.807) is 40.2 Å². The lowest BCUT2D eigenvalue weighted by atomic mass is 10.2. The average molecular weight is 404 g/mol. The molecular weight excluding hydrogens is 384 g/mol. The number of hydrogen-bond acceptors (Lipinski definition) is 7. The van der Waals surface area contributed by atoms with Gasteiger partial charge in [-0.3, -0.25) is 4.79 Å². The second-order valence-electron chi connectivity index (χ2n) is 7.05. The topological polar surface area (TPSA) is 111 Å². The van der Waals surface area contributed by atoms with E-state index in [-0.39, 0.29) is 29.5 Å². The molecule has 0 N–H and O–H groups in total. The molecule has 1 saturated carbocycles. The fraction of sp³-hybridized carbons (Fsp3) is 0.444. The Balaban J connectivity index is 1.36. The Morgan fingerprint density at radius 3 is 2.46 bits per heavy atom. The van der Waals surface area contributed by atoms with Crippen molar-refractivity contribution >= 4 is 21.7 Å². The van der Waals surface area contributed by atoms with Crippen LogP contribution >= 0.6 is 0 Å². The summed E-state index contributed by atoms with van der Waals surface area (Å²) in [4.78, 5) is 30.3. The van der Waals surface area contributed by atoms with Crippen molar-refractivity contribution < 1.29 is 22.7 Å². The van der Waals surface area contributed by atoms with Crippen molar-refractivity contribution in [1.82, 2.24) is 19.7 Å². The number of amides is 1. The van der Waals surface area contributed by atoms with Gasteiger partial charge in [0, 0.05) is 12.1 Å². The zero-order chi connectivity index (χ0) is 19.7. The molecule has 0 bridgehead atoms. The Morgan fingerprint density at radius 2 is 1.89 bits per heavy atom. The van der Waals surface area contributed by atoms with E-state index >= 15 is 0 Å². The van der Waals surface area contributed by atoms with Crippen LogP contribution < -0.4 is 0 Å². The smallest absolute Gasteiger partial charge is 0.338 e. The first-order valence-corrected chi connectivity index (χ1v) is 10.9. The fourth-order valence-corrected chi connectivity index (χ4v) is 5.14. The summed E-state index contributed by atoms with van der Waals surface area (Å²) in [5.74, 6) is -0.843. The number of carbonyl (C=O) groups is 2. The van der Waals surface area contributed by atoms with Gasteiger partial charge in [0.15, 0.2) is 16.4 Å². The van der Waals surface area contributed by atoms with E-state index in [1.165, 1.54) is 6.33 Å². The molecular formula is C18H20N4O5S. The van der Waals surface area contributed by atoms with Gasteiger partial charge in [-0.25, -0.2) is 22.9 Å². The molecule has 148 valence electrons. The molecule has 1 aromatic heterocycles. The highest BCUT2D eigenvalue weighted by molar-refractivity contribution is 7.91. The third-order valence-corrected chi connectivity index (χ3v) is 6.69. The Kier molecular flexibility index (Phi) is 4.88. The molecule has 0 unspecified atom stereocenters. The fourth-order valence-electron chi connectivity index (χ4n) is 3.43. The molecule has 2 aromatic rings. The number of esters is 1. The van der Waals surface area contributed by atoms with Crippen LogP contribution in [-0.4, -0.2) is 70.2 Å². The quantitative estimate of drug-likeness (QED) is 0.648. The van der Waals surface area contributed by atoms with E-state index in [9.17, 15) is 18.0 Å². The van der Waals surface area contributed by atoms with Crippen LogP contribution in [0.4, 0.5) is 0 Å². The predicted octanol–water partition coefficient (Wildman–Crippen LogP) is 0.602. The number of rotatable bonds is 6. The Hall–Kier alpha value is -2.75. The van der Waals surface area contributed by atoms with Crippen LogP contribution in [0.2, 0.25) is 0 Å². The molecule has 1 aliphatic heterocycles. The van der Waals surface area contributed by atoms with Gasteiger partial charge in [-0.05, 0) is 43.5 Å². The molecule has 1 saturated heterocycles. The van der Waals surface area contributed by atoms with Crippen molar-refractivity contribution in [2.75, 3.05) is 18.1 Å². The summed E-state index contributed by atoms with van der Waals surface area (Å²) in [7, 11) is -3.09. The standard InChI is InChI=1S/C18H20N4O5S/c23-17(22(15-5-6-15)16-7-8-28(25,26)10-16)9-27-18(24)13-1-3-14(4-2-13)21-12-19-11-20-21/h1-4,11-12,15-16H,5-10H2/t16-/m0/s1. The molecule has 0 spiro atoms. The number of carbonyl (C=O) groups excluding carboxylic acids is 2. The van der Waals surface area contributed by atoms with E-state index in [0.717, 1.165) is 18.5 Å². The zero-order valence-corrected chi connectivity index (χ0v) is 15.9. The maximum absolute atomic E-state index is 12.6. The summed E-state index contributed by atoms with van der Waals surface area (Å²) >= 11 is 0. The molecule has 1 amide bonds. The number of sulfone groups is 1. The van der Waals surface area contributed by atoms with Crippen molar-refractivity contribution in [2.45, 2.75) is 31.3 Å². The molecule has 4 rings (SSSR count). The summed E-state index contributed by atoms with van der Waals surface area (Å²) < 4.78 is 30.2. The zero-order valence-electron chi connectivity index (χ0n) is 15.1. The van der Waals surface area contributed by atoms with Crippen LogP contribution in [0.15, 0.2) is 36.9 Å². The van der Waals surface area contributed by atoms with E-state index < -0.39 is 22.4 Å². The van der Waals surface area contributed by atoms with Gasteiger partial charge in [0.2, 0.25) is 0 Å². The number of ether oxygens (including phenoxy) is 1. The second-order valence-corrected chi connectivity index (χ2v) is 9.28. The third-order valence-electron chi connectivity index (χ3n) is 4.94. The van der Waals surface area contributed by atoms with Gasteiger partial charge in [-0.1, -0.05) is 0 Å². The van der Waals surface area contributed by atoms with Gasteiger partial charge in [0.25, 0.3) is 5.91 Å². The minimum atomic E-state index is -3.09. The van der Waals surface area contributed by atoms with Crippen molar-refractivity contribution in [1.29, 1.82) is 0 Å². The van der Waals surface area contributed by atoms with Gasteiger partial charge in [0.1, 0.15) is 12.7 Å². The van der Waals surface area contributed by atoms with Gasteiger partial charge < -0.3 is 9.64 Å². The van der Waals surface area contributed by atoms with E-state index in [1.807, 2.05) is 0 Å². The highest BCUT2D eigenvalue weighted by atomic mass is 32.2. The molecule has 2 heterocycles. The minimum Gasteiger partial charge on any atom is -0.452 e. The van der Waals surface area contributed by atoms with Crippen molar-refractivity contribution in [3.8, 4) is 5.69 Å². The predicted molar refractivity (Wildman–Crippen MR) is 98.6 cm³/mol. The summed E-state index contributed by atoms with van der Waals surface area (Å²) in [5, 5.41) is 4.01. The SMILES string of the molecule is O=C(OCC(=O)N(C1CC1)[C@H]1CCS(=O)(=O)C1)c1ccc(-n2cncn2)cc1. The molecule has 28 heavy (non-hydrogen) atoms. The van der Waals surface area contributed by atoms with E-state index in [4.69, 9.17) is 4.74 Å². The van der Waals surface area contributed by atoms with Crippen molar-refractivity contribution in [2.24, 2.45) is 0 Å². The molecule has 0 radical (unpaired) electrons. The first kappa shape index (κ1) is 18.6. The minimum absolute atomic E-state index is 0.00701. The molecule has 2 aliphatic rings. The van der Waals surface area contributed by atoms with Crippen LogP contribution in [0.5, 0.6) is 0 Å². The lowest BCUT2D eigenvalue weighted by Crippen LogP contribution is -2.44. The Morgan fingerprint density at radius 1 is 1.14 bits per heavy atom. The molecule has 1 aliphatic carbocycles. The third kappa shape index (κ3) is 4.06. The normalized spacial score (nSPS) is 20.6. The van der Waals surface area contributed by atoms with Gasteiger partial charge in [0.05, 0.1) is 22.8 Å². The number of hydrogen-bond donors (Lipinski definition) is 0. The molecule has 1 aromatic carbocycles. The first-order valence-electron chi connectivity index (χ1n) is 9.07.